The Morgan fingerprint density at radius 1 is 1.11 bits per heavy atom. The predicted octanol–water partition coefficient (Wildman–Crippen LogP) is 3.33. The number of nitrogens with zero attached hydrogens (tertiary/aromatic N) is 2. The van der Waals surface area contributed by atoms with Crippen LogP contribution >= 0.6 is 0 Å². The van der Waals surface area contributed by atoms with Gasteiger partial charge in [-0.15, -0.1) is 0 Å². The lowest BCUT2D eigenvalue weighted by Crippen LogP contribution is -2.36. The fraction of sp³-hybridized carbons (Fsp3) is 0.429. The molecule has 27 heavy (non-hydrogen) atoms. The van der Waals surface area contributed by atoms with Crippen LogP contribution in [0.15, 0.2) is 42.6 Å². The molecule has 1 aliphatic carbocycles. The topological polar surface area (TPSA) is 66.5 Å². The normalized spacial score (nSPS) is 17.7. The fourth-order valence-electron chi connectivity index (χ4n) is 3.78. The lowest BCUT2D eigenvalue weighted by atomic mass is 10.2. The van der Waals surface area contributed by atoms with Crippen LogP contribution in [0.4, 0.5) is 17.2 Å². The number of anilines is 3. The number of nitrogens with one attached hydrogen (secondary N) is 2. The van der Waals surface area contributed by atoms with Gasteiger partial charge >= 0.3 is 0 Å². The Kier molecular flexibility index (Phi) is 5.53. The summed E-state index contributed by atoms with van der Waals surface area (Å²) in [5.41, 5.74) is 2.76. The van der Waals surface area contributed by atoms with Crippen LogP contribution in [0.3, 0.4) is 0 Å². The van der Waals surface area contributed by atoms with E-state index in [9.17, 15) is 4.79 Å². The number of carbonyl (C=O) groups is 1. The molecular formula is C21H26N4O2. The molecule has 2 fully saturated rings. The molecule has 2 aliphatic rings. The van der Waals surface area contributed by atoms with Crippen molar-refractivity contribution in [3.05, 3.63) is 48.2 Å². The number of benzene rings is 1. The van der Waals surface area contributed by atoms with Crippen LogP contribution in [-0.4, -0.2) is 43.2 Å². The molecule has 1 aliphatic heterocycles. The van der Waals surface area contributed by atoms with Gasteiger partial charge in [-0.3, -0.25) is 4.79 Å². The molecule has 0 atom stereocenters. The average molecular weight is 366 g/mol. The number of amides is 1. The monoisotopic (exact) mass is 366 g/mol. The van der Waals surface area contributed by atoms with Gasteiger partial charge in [-0.1, -0.05) is 25.0 Å². The lowest BCUT2D eigenvalue weighted by molar-refractivity contribution is 0.0938. The summed E-state index contributed by atoms with van der Waals surface area (Å²) in [6.07, 6.45) is 6.24. The first-order valence-corrected chi connectivity index (χ1v) is 9.75. The standard InChI is InChI=1S/C21H26N4O2/c26-21(23-17-5-1-2-6-17)16-9-10-22-20(15-16)24-18-7-3-4-8-19(18)25-11-13-27-14-12-25/h3-4,7-10,15,17H,1-2,5-6,11-14H2,(H,22,24)(H,23,26). The molecule has 0 spiro atoms. The maximum Gasteiger partial charge on any atom is 0.251 e. The summed E-state index contributed by atoms with van der Waals surface area (Å²) >= 11 is 0. The predicted molar refractivity (Wildman–Crippen MR) is 107 cm³/mol. The van der Waals surface area contributed by atoms with Gasteiger partial charge < -0.3 is 20.3 Å². The number of hydrogen-bond acceptors (Lipinski definition) is 5. The Morgan fingerprint density at radius 2 is 1.89 bits per heavy atom. The van der Waals surface area contributed by atoms with Gasteiger partial charge in [0.05, 0.1) is 24.6 Å². The third kappa shape index (κ3) is 4.39. The van der Waals surface area contributed by atoms with E-state index in [1.807, 2.05) is 24.3 Å². The zero-order valence-corrected chi connectivity index (χ0v) is 15.5. The lowest BCUT2D eigenvalue weighted by Gasteiger charge is -2.30. The zero-order valence-electron chi connectivity index (χ0n) is 15.5. The molecule has 1 saturated carbocycles. The molecule has 6 heteroatoms. The van der Waals surface area contributed by atoms with Gasteiger partial charge in [0.2, 0.25) is 0 Å². The van der Waals surface area contributed by atoms with Crippen molar-refractivity contribution in [2.24, 2.45) is 0 Å². The van der Waals surface area contributed by atoms with Gasteiger partial charge in [0.1, 0.15) is 5.82 Å². The molecule has 2 N–H and O–H groups in total. The van der Waals surface area contributed by atoms with Crippen molar-refractivity contribution in [1.82, 2.24) is 10.3 Å². The number of ether oxygens (including phenoxy) is 1. The quantitative estimate of drug-likeness (QED) is 0.850. The van der Waals surface area contributed by atoms with E-state index in [1.165, 1.54) is 12.8 Å². The highest BCUT2D eigenvalue weighted by Crippen LogP contribution is 2.29. The molecule has 2 aromatic rings. The van der Waals surface area contributed by atoms with Crippen LogP contribution in [0.5, 0.6) is 0 Å². The third-order valence-corrected chi connectivity index (χ3v) is 5.23. The van der Waals surface area contributed by atoms with Crippen molar-refractivity contribution in [1.29, 1.82) is 0 Å². The highest BCUT2D eigenvalue weighted by Gasteiger charge is 2.19. The Bertz CT molecular complexity index is 783. The second kappa shape index (κ2) is 8.39. The largest absolute Gasteiger partial charge is 0.378 e. The number of pyridine rings is 1. The van der Waals surface area contributed by atoms with Crippen LogP contribution in [0.1, 0.15) is 36.0 Å². The summed E-state index contributed by atoms with van der Waals surface area (Å²) in [4.78, 5) is 19.2. The highest BCUT2D eigenvalue weighted by molar-refractivity contribution is 5.95. The van der Waals surface area contributed by atoms with Crippen LogP contribution in [0, 0.1) is 0 Å². The van der Waals surface area contributed by atoms with E-state index in [4.69, 9.17) is 4.74 Å². The molecule has 6 nitrogen and oxygen atoms in total. The number of carbonyl (C=O) groups excluding carboxylic acids is 1. The summed E-state index contributed by atoms with van der Waals surface area (Å²) in [5, 5.41) is 6.52. The average Bonchev–Trinajstić information content (AvgIpc) is 3.22. The first-order valence-electron chi connectivity index (χ1n) is 9.75. The van der Waals surface area contributed by atoms with E-state index >= 15 is 0 Å². The molecule has 142 valence electrons. The molecule has 1 aromatic carbocycles. The molecule has 1 amide bonds. The SMILES string of the molecule is O=C(NC1CCCC1)c1ccnc(Nc2ccccc2N2CCOCC2)c1. The number of para-hydroxylation sites is 2. The molecule has 0 bridgehead atoms. The highest BCUT2D eigenvalue weighted by atomic mass is 16.5. The molecule has 4 rings (SSSR count). The van der Waals surface area contributed by atoms with E-state index in [2.05, 4.69) is 26.6 Å². The second-order valence-corrected chi connectivity index (χ2v) is 7.13. The fourth-order valence-corrected chi connectivity index (χ4v) is 3.78. The van der Waals surface area contributed by atoms with Gasteiger partial charge in [0.15, 0.2) is 0 Å². The van der Waals surface area contributed by atoms with Crippen molar-refractivity contribution >= 4 is 23.1 Å². The molecule has 2 heterocycles. The minimum Gasteiger partial charge on any atom is -0.378 e. The number of rotatable bonds is 5. The number of hydrogen-bond donors (Lipinski definition) is 2. The van der Waals surface area contributed by atoms with E-state index in [-0.39, 0.29) is 5.91 Å². The van der Waals surface area contributed by atoms with Gasteiger partial charge in [-0.05, 0) is 37.1 Å². The molecule has 0 radical (unpaired) electrons. The minimum absolute atomic E-state index is 0.0196. The molecule has 1 aromatic heterocycles. The Labute approximate surface area is 159 Å². The summed E-state index contributed by atoms with van der Waals surface area (Å²) in [6.45, 7) is 3.22. The summed E-state index contributed by atoms with van der Waals surface area (Å²) < 4.78 is 5.46. The third-order valence-electron chi connectivity index (χ3n) is 5.23. The molecule has 1 saturated heterocycles. The van der Waals surface area contributed by atoms with Crippen LogP contribution in [-0.2, 0) is 4.74 Å². The summed E-state index contributed by atoms with van der Waals surface area (Å²) in [7, 11) is 0. The van der Waals surface area contributed by atoms with E-state index in [0.29, 0.717) is 17.4 Å². The zero-order chi connectivity index (χ0) is 18.5. The Balaban J connectivity index is 1.49. The maximum atomic E-state index is 12.5. The van der Waals surface area contributed by atoms with Crippen LogP contribution in [0.25, 0.3) is 0 Å². The maximum absolute atomic E-state index is 12.5. The second-order valence-electron chi connectivity index (χ2n) is 7.13. The summed E-state index contributed by atoms with van der Waals surface area (Å²) in [6, 6.07) is 12.1. The molecule has 0 unspecified atom stereocenters. The van der Waals surface area contributed by atoms with Crippen molar-refractivity contribution in [3.8, 4) is 0 Å². The number of aromatic nitrogens is 1. The van der Waals surface area contributed by atoms with Gasteiger partial charge in [0.25, 0.3) is 5.91 Å². The van der Waals surface area contributed by atoms with Crippen LogP contribution in [0.2, 0.25) is 0 Å². The Morgan fingerprint density at radius 3 is 2.70 bits per heavy atom. The van der Waals surface area contributed by atoms with Gasteiger partial charge in [-0.2, -0.15) is 0 Å². The smallest absolute Gasteiger partial charge is 0.251 e. The van der Waals surface area contributed by atoms with Crippen molar-refractivity contribution in [2.75, 3.05) is 36.5 Å². The van der Waals surface area contributed by atoms with Gasteiger partial charge in [-0.25, -0.2) is 4.98 Å². The van der Waals surface area contributed by atoms with Crippen molar-refractivity contribution in [3.63, 3.8) is 0 Å². The van der Waals surface area contributed by atoms with E-state index in [1.54, 1.807) is 12.3 Å². The number of morpholine rings is 1. The first-order chi connectivity index (χ1) is 13.3. The van der Waals surface area contributed by atoms with E-state index < -0.39 is 0 Å². The Hall–Kier alpha value is -2.60. The van der Waals surface area contributed by atoms with Crippen molar-refractivity contribution < 1.29 is 9.53 Å². The van der Waals surface area contributed by atoms with Crippen LogP contribution < -0.4 is 15.5 Å². The minimum atomic E-state index is -0.0196. The first kappa shape index (κ1) is 17.8. The van der Waals surface area contributed by atoms with Gasteiger partial charge in [0, 0.05) is 30.9 Å². The summed E-state index contributed by atoms with van der Waals surface area (Å²) in [5.74, 6) is 0.656. The molecular weight excluding hydrogens is 340 g/mol. The van der Waals surface area contributed by atoms with E-state index in [0.717, 1.165) is 50.5 Å². The van der Waals surface area contributed by atoms with Crippen molar-refractivity contribution in [2.45, 2.75) is 31.7 Å².